The van der Waals surface area contributed by atoms with Crippen molar-refractivity contribution in [3.8, 4) is 0 Å². The lowest BCUT2D eigenvalue weighted by Crippen LogP contribution is -2.45. The van der Waals surface area contributed by atoms with Gasteiger partial charge in [0.1, 0.15) is 6.61 Å². The number of ether oxygens (including phenoxy) is 1. The van der Waals surface area contributed by atoms with Gasteiger partial charge in [0.05, 0.1) is 12.2 Å². The molecule has 0 heterocycles. The lowest BCUT2D eigenvalue weighted by Gasteiger charge is -2.35. The number of halogens is 2. The van der Waals surface area contributed by atoms with Gasteiger partial charge in [-0.2, -0.15) is 0 Å². The number of nitrogens with one attached hydrogen (secondary N) is 1. The van der Waals surface area contributed by atoms with E-state index in [0.717, 1.165) is 19.3 Å². The molecule has 0 aromatic carbocycles. The molecule has 0 aliphatic heterocycles. The number of carbonyl (C=O) groups is 1. The van der Waals surface area contributed by atoms with E-state index in [9.17, 15) is 18.7 Å². The maximum Gasteiger partial charge on any atom is 0.261 e. The van der Waals surface area contributed by atoms with Gasteiger partial charge in [-0.3, -0.25) is 4.79 Å². The third-order valence-electron chi connectivity index (χ3n) is 3.95. The Bertz CT molecular complexity index is 292. The number of rotatable bonds is 8. The summed E-state index contributed by atoms with van der Waals surface area (Å²) in [7, 11) is 0. The molecule has 20 heavy (non-hydrogen) atoms. The predicted molar refractivity (Wildman–Crippen MR) is 71.6 cm³/mol. The lowest BCUT2D eigenvalue weighted by molar-refractivity contribution is -0.124. The summed E-state index contributed by atoms with van der Waals surface area (Å²) in [6, 6.07) is 0. The Hall–Kier alpha value is -0.750. The molecule has 6 heteroatoms. The van der Waals surface area contributed by atoms with E-state index in [1.54, 1.807) is 0 Å². The van der Waals surface area contributed by atoms with Crippen molar-refractivity contribution in [2.75, 3.05) is 19.8 Å². The van der Waals surface area contributed by atoms with E-state index in [2.05, 4.69) is 17.0 Å². The molecule has 2 N–H and O–H groups in total. The van der Waals surface area contributed by atoms with Gasteiger partial charge < -0.3 is 15.2 Å². The van der Waals surface area contributed by atoms with E-state index < -0.39 is 18.6 Å². The number of alkyl halides is 2. The highest BCUT2D eigenvalue weighted by atomic mass is 19.3. The second-order valence-electron chi connectivity index (χ2n) is 5.57. The zero-order valence-corrected chi connectivity index (χ0v) is 12.0. The fourth-order valence-electron chi connectivity index (χ4n) is 2.49. The van der Waals surface area contributed by atoms with Gasteiger partial charge in [0.15, 0.2) is 0 Å². The van der Waals surface area contributed by atoms with Crippen LogP contribution in [0, 0.1) is 5.92 Å². The molecule has 1 saturated carbocycles. The first kappa shape index (κ1) is 17.3. The summed E-state index contributed by atoms with van der Waals surface area (Å²) >= 11 is 0. The van der Waals surface area contributed by atoms with Gasteiger partial charge in [-0.15, -0.1) is 0 Å². The smallest absolute Gasteiger partial charge is 0.261 e. The minimum atomic E-state index is -2.51. The molecule has 0 bridgehead atoms. The first-order valence-electron chi connectivity index (χ1n) is 7.30. The van der Waals surface area contributed by atoms with Gasteiger partial charge in [-0.05, 0) is 31.6 Å². The van der Waals surface area contributed by atoms with Gasteiger partial charge in [0, 0.05) is 13.0 Å². The summed E-state index contributed by atoms with van der Waals surface area (Å²) in [5.74, 6) is 0.402. The first-order valence-corrected chi connectivity index (χ1v) is 7.30. The molecule has 1 fully saturated rings. The number of aliphatic hydroxyl groups is 1. The largest absolute Gasteiger partial charge is 0.388 e. The van der Waals surface area contributed by atoms with Crippen LogP contribution in [0.5, 0.6) is 0 Å². The van der Waals surface area contributed by atoms with Crippen molar-refractivity contribution in [1.82, 2.24) is 5.32 Å². The fraction of sp³-hybridized carbons (Fsp3) is 0.929. The van der Waals surface area contributed by atoms with Gasteiger partial charge >= 0.3 is 0 Å². The Kier molecular flexibility index (Phi) is 7.37. The number of hydrogen-bond acceptors (Lipinski definition) is 3. The lowest BCUT2D eigenvalue weighted by atomic mass is 9.78. The molecule has 0 spiro atoms. The Morgan fingerprint density at radius 2 is 2.10 bits per heavy atom. The number of carbonyl (C=O) groups excluding carboxylic acids is 1. The van der Waals surface area contributed by atoms with Crippen molar-refractivity contribution in [2.45, 2.75) is 57.5 Å². The van der Waals surface area contributed by atoms with Gasteiger partial charge in [0.2, 0.25) is 5.91 Å². The zero-order chi connectivity index (χ0) is 15.0. The topological polar surface area (TPSA) is 58.6 Å². The summed E-state index contributed by atoms with van der Waals surface area (Å²) in [5.41, 5.74) is -0.814. The van der Waals surface area contributed by atoms with Crippen molar-refractivity contribution in [1.29, 1.82) is 0 Å². The van der Waals surface area contributed by atoms with E-state index in [1.165, 1.54) is 0 Å². The Morgan fingerprint density at radius 3 is 2.65 bits per heavy atom. The second-order valence-corrected chi connectivity index (χ2v) is 5.57. The fourth-order valence-corrected chi connectivity index (χ4v) is 2.49. The maximum absolute atomic E-state index is 11.8. The molecule has 1 amide bonds. The summed E-state index contributed by atoms with van der Waals surface area (Å²) < 4.78 is 28.2. The minimum Gasteiger partial charge on any atom is -0.388 e. The zero-order valence-electron chi connectivity index (χ0n) is 12.0. The molecule has 0 aromatic heterocycles. The van der Waals surface area contributed by atoms with Crippen LogP contribution in [0.4, 0.5) is 8.78 Å². The number of hydrogen-bond donors (Lipinski definition) is 2. The number of amides is 1. The van der Waals surface area contributed by atoms with E-state index in [4.69, 9.17) is 0 Å². The Balaban J connectivity index is 2.14. The quantitative estimate of drug-likeness (QED) is 0.674. The molecular formula is C14H25F2NO3. The van der Waals surface area contributed by atoms with E-state index in [-0.39, 0.29) is 25.5 Å². The van der Waals surface area contributed by atoms with E-state index in [0.29, 0.717) is 18.8 Å². The average Bonchev–Trinajstić information content (AvgIpc) is 2.42. The van der Waals surface area contributed by atoms with Crippen molar-refractivity contribution in [2.24, 2.45) is 5.92 Å². The predicted octanol–water partition coefficient (Wildman–Crippen LogP) is 2.11. The van der Waals surface area contributed by atoms with Crippen molar-refractivity contribution < 1.29 is 23.4 Å². The van der Waals surface area contributed by atoms with Gasteiger partial charge in [0.25, 0.3) is 6.43 Å². The molecule has 1 rings (SSSR count). The summed E-state index contributed by atoms with van der Waals surface area (Å²) in [6.45, 7) is 1.72. The van der Waals surface area contributed by atoms with Gasteiger partial charge in [-0.25, -0.2) is 8.78 Å². The SMILES string of the molecule is CCC1CCC(O)(CNC(=O)CCOCC(F)F)CC1. The molecule has 0 aromatic rings. The van der Waals surface area contributed by atoms with Crippen LogP contribution in [0.3, 0.4) is 0 Å². The van der Waals surface area contributed by atoms with Crippen molar-refractivity contribution >= 4 is 5.91 Å². The van der Waals surface area contributed by atoms with Crippen molar-refractivity contribution in [3.05, 3.63) is 0 Å². The van der Waals surface area contributed by atoms with Crippen LogP contribution in [-0.2, 0) is 9.53 Å². The van der Waals surface area contributed by atoms with E-state index in [1.807, 2.05) is 0 Å². The standard InChI is InChI=1S/C14H25F2NO3/c1-2-11-3-6-14(19,7-4-11)10-17-13(18)5-8-20-9-12(15)16/h11-12,19H,2-10H2,1H3,(H,17,18). The molecule has 0 saturated heterocycles. The van der Waals surface area contributed by atoms with E-state index >= 15 is 0 Å². The van der Waals surface area contributed by atoms with Crippen LogP contribution in [0.2, 0.25) is 0 Å². The summed E-state index contributed by atoms with van der Waals surface area (Å²) in [6.07, 6.45) is 2.04. The molecule has 0 unspecified atom stereocenters. The molecule has 0 radical (unpaired) electrons. The summed E-state index contributed by atoms with van der Waals surface area (Å²) in [4.78, 5) is 11.5. The molecule has 0 atom stereocenters. The van der Waals surface area contributed by atoms with Gasteiger partial charge in [-0.1, -0.05) is 13.3 Å². The normalized spacial score (nSPS) is 26.8. The molecule has 1 aliphatic carbocycles. The van der Waals surface area contributed by atoms with Crippen LogP contribution in [-0.4, -0.2) is 42.8 Å². The highest BCUT2D eigenvalue weighted by Gasteiger charge is 2.32. The van der Waals surface area contributed by atoms with Crippen LogP contribution in [0.1, 0.15) is 45.4 Å². The monoisotopic (exact) mass is 293 g/mol. The van der Waals surface area contributed by atoms with Crippen LogP contribution in [0.15, 0.2) is 0 Å². The third kappa shape index (κ3) is 6.61. The van der Waals surface area contributed by atoms with Crippen molar-refractivity contribution in [3.63, 3.8) is 0 Å². The third-order valence-corrected chi connectivity index (χ3v) is 3.95. The highest BCUT2D eigenvalue weighted by molar-refractivity contribution is 5.76. The average molecular weight is 293 g/mol. The maximum atomic E-state index is 11.8. The minimum absolute atomic E-state index is 0.0213. The molecule has 1 aliphatic rings. The first-order chi connectivity index (χ1) is 9.45. The Morgan fingerprint density at radius 1 is 1.45 bits per heavy atom. The van der Waals surface area contributed by atoms with Crippen LogP contribution < -0.4 is 5.32 Å². The molecule has 118 valence electrons. The van der Waals surface area contributed by atoms with Crippen LogP contribution in [0.25, 0.3) is 0 Å². The Labute approximate surface area is 118 Å². The second kappa shape index (κ2) is 8.52. The molecular weight excluding hydrogens is 268 g/mol. The highest BCUT2D eigenvalue weighted by Crippen LogP contribution is 2.33. The summed E-state index contributed by atoms with van der Waals surface area (Å²) in [5, 5.41) is 13.0. The molecule has 4 nitrogen and oxygen atoms in total. The van der Waals surface area contributed by atoms with Crippen LogP contribution >= 0.6 is 0 Å².